The molecule has 7 heteroatoms. The summed E-state index contributed by atoms with van der Waals surface area (Å²) in [6, 6.07) is 12.4. The van der Waals surface area contributed by atoms with Crippen molar-refractivity contribution >= 4 is 23.3 Å². The maximum absolute atomic E-state index is 13.1. The molecular formula is C20H22FN3O3. The summed E-state index contributed by atoms with van der Waals surface area (Å²) in [5, 5.41) is 2.92. The molecule has 3 amide bonds. The van der Waals surface area contributed by atoms with Crippen molar-refractivity contribution in [1.82, 2.24) is 5.32 Å². The molecule has 1 saturated heterocycles. The van der Waals surface area contributed by atoms with E-state index < -0.39 is 0 Å². The third-order valence-electron chi connectivity index (χ3n) is 4.54. The average Bonchev–Trinajstić information content (AvgIpc) is 3.03. The van der Waals surface area contributed by atoms with Crippen LogP contribution < -0.4 is 19.9 Å². The Morgan fingerprint density at radius 2 is 1.89 bits per heavy atom. The zero-order chi connectivity index (χ0) is 19.4. The second kappa shape index (κ2) is 8.07. The summed E-state index contributed by atoms with van der Waals surface area (Å²) >= 11 is 0. The quantitative estimate of drug-likeness (QED) is 0.878. The first kappa shape index (κ1) is 18.7. The maximum atomic E-state index is 13.1. The van der Waals surface area contributed by atoms with E-state index in [0.717, 1.165) is 5.69 Å². The molecule has 1 atom stereocenters. The lowest BCUT2D eigenvalue weighted by Gasteiger charge is -2.24. The summed E-state index contributed by atoms with van der Waals surface area (Å²) < 4.78 is 18.2. The summed E-state index contributed by atoms with van der Waals surface area (Å²) in [5.74, 6) is 0.263. The van der Waals surface area contributed by atoms with Gasteiger partial charge in [-0.1, -0.05) is 0 Å². The van der Waals surface area contributed by atoms with Gasteiger partial charge in [0.15, 0.2) is 0 Å². The largest absolute Gasteiger partial charge is 0.497 e. The van der Waals surface area contributed by atoms with Crippen molar-refractivity contribution in [2.24, 2.45) is 0 Å². The number of hydrogen-bond donors (Lipinski definition) is 1. The number of urea groups is 1. The monoisotopic (exact) mass is 371 g/mol. The SMILES string of the molecule is CCN(C(=O)NC1CC(=O)N(c2ccc(F)cc2)C1)c1ccc(OC)cc1. The molecule has 3 rings (SSSR count). The van der Waals surface area contributed by atoms with E-state index in [-0.39, 0.29) is 30.2 Å². The number of ether oxygens (including phenoxy) is 1. The molecule has 0 spiro atoms. The Hall–Kier alpha value is -3.09. The van der Waals surface area contributed by atoms with E-state index in [0.29, 0.717) is 24.5 Å². The van der Waals surface area contributed by atoms with Crippen LogP contribution in [-0.2, 0) is 4.79 Å². The maximum Gasteiger partial charge on any atom is 0.322 e. The Morgan fingerprint density at radius 3 is 2.48 bits per heavy atom. The lowest BCUT2D eigenvalue weighted by Crippen LogP contribution is -2.46. The second-order valence-electron chi connectivity index (χ2n) is 6.27. The van der Waals surface area contributed by atoms with Crippen LogP contribution in [0.15, 0.2) is 48.5 Å². The lowest BCUT2D eigenvalue weighted by molar-refractivity contribution is -0.117. The van der Waals surface area contributed by atoms with E-state index in [1.165, 1.54) is 12.1 Å². The molecule has 0 aromatic heterocycles. The average molecular weight is 371 g/mol. The molecule has 2 aromatic rings. The zero-order valence-corrected chi connectivity index (χ0v) is 15.3. The number of halogens is 1. The first-order valence-electron chi connectivity index (χ1n) is 8.80. The van der Waals surface area contributed by atoms with E-state index in [1.54, 1.807) is 41.2 Å². The van der Waals surface area contributed by atoms with Crippen molar-refractivity contribution in [3.05, 3.63) is 54.3 Å². The second-order valence-corrected chi connectivity index (χ2v) is 6.27. The molecule has 0 bridgehead atoms. The molecule has 0 aliphatic carbocycles. The van der Waals surface area contributed by atoms with Crippen molar-refractivity contribution in [2.75, 3.05) is 30.0 Å². The first-order chi connectivity index (χ1) is 13.0. The molecule has 1 heterocycles. The number of rotatable bonds is 5. The van der Waals surface area contributed by atoms with E-state index in [4.69, 9.17) is 4.74 Å². The van der Waals surface area contributed by atoms with Crippen molar-refractivity contribution in [2.45, 2.75) is 19.4 Å². The smallest absolute Gasteiger partial charge is 0.322 e. The number of carbonyl (C=O) groups excluding carboxylic acids is 2. The highest BCUT2D eigenvalue weighted by Gasteiger charge is 2.32. The van der Waals surface area contributed by atoms with Crippen LogP contribution in [0, 0.1) is 5.82 Å². The van der Waals surface area contributed by atoms with E-state index in [1.807, 2.05) is 19.1 Å². The summed E-state index contributed by atoms with van der Waals surface area (Å²) in [5.41, 5.74) is 1.37. The minimum absolute atomic E-state index is 0.0978. The van der Waals surface area contributed by atoms with Gasteiger partial charge in [0.2, 0.25) is 5.91 Å². The molecule has 0 radical (unpaired) electrons. The van der Waals surface area contributed by atoms with Gasteiger partial charge in [-0.3, -0.25) is 9.69 Å². The number of nitrogens with zero attached hydrogens (tertiary/aromatic N) is 2. The predicted molar refractivity (Wildman–Crippen MR) is 102 cm³/mol. The Kier molecular flexibility index (Phi) is 5.59. The number of amides is 3. The number of methoxy groups -OCH3 is 1. The summed E-state index contributed by atoms with van der Waals surface area (Å²) in [6.45, 7) is 2.73. The van der Waals surface area contributed by atoms with Crippen LogP contribution >= 0.6 is 0 Å². The molecule has 1 fully saturated rings. The molecular weight excluding hydrogens is 349 g/mol. The third-order valence-corrected chi connectivity index (χ3v) is 4.54. The van der Waals surface area contributed by atoms with E-state index in [2.05, 4.69) is 5.32 Å². The number of hydrogen-bond acceptors (Lipinski definition) is 3. The van der Waals surface area contributed by atoms with Crippen LogP contribution in [0.4, 0.5) is 20.6 Å². The number of anilines is 2. The van der Waals surface area contributed by atoms with Gasteiger partial charge >= 0.3 is 6.03 Å². The minimum Gasteiger partial charge on any atom is -0.497 e. The van der Waals surface area contributed by atoms with Gasteiger partial charge in [0.25, 0.3) is 0 Å². The predicted octanol–water partition coefficient (Wildman–Crippen LogP) is 3.18. The molecule has 1 unspecified atom stereocenters. The fourth-order valence-corrected chi connectivity index (χ4v) is 3.13. The molecule has 0 saturated carbocycles. The van der Waals surface area contributed by atoms with Crippen LogP contribution in [0.25, 0.3) is 0 Å². The van der Waals surface area contributed by atoms with Gasteiger partial charge in [-0.25, -0.2) is 9.18 Å². The summed E-state index contributed by atoms with van der Waals surface area (Å²) in [7, 11) is 1.59. The van der Waals surface area contributed by atoms with Crippen LogP contribution in [0.5, 0.6) is 5.75 Å². The number of nitrogens with one attached hydrogen (secondary N) is 1. The van der Waals surface area contributed by atoms with Crippen molar-refractivity contribution < 1.29 is 18.7 Å². The third kappa shape index (κ3) is 4.19. The topological polar surface area (TPSA) is 61.9 Å². The Morgan fingerprint density at radius 1 is 1.22 bits per heavy atom. The van der Waals surface area contributed by atoms with Crippen LogP contribution in [-0.4, -0.2) is 38.2 Å². The molecule has 2 aromatic carbocycles. The highest BCUT2D eigenvalue weighted by atomic mass is 19.1. The van der Waals surface area contributed by atoms with Gasteiger partial charge < -0.3 is 15.0 Å². The molecule has 1 aliphatic rings. The fourth-order valence-electron chi connectivity index (χ4n) is 3.13. The fraction of sp³-hybridized carbons (Fsp3) is 0.300. The molecule has 27 heavy (non-hydrogen) atoms. The molecule has 6 nitrogen and oxygen atoms in total. The standard InChI is InChI=1S/C20H22FN3O3/c1-3-23(16-8-10-18(27-2)11-9-16)20(26)22-15-12-19(25)24(13-15)17-6-4-14(21)5-7-17/h4-11,15H,3,12-13H2,1-2H3,(H,22,26). The Bertz CT molecular complexity index is 808. The Balaban J connectivity index is 1.66. The van der Waals surface area contributed by atoms with Gasteiger partial charge in [0, 0.05) is 30.9 Å². The van der Waals surface area contributed by atoms with Crippen LogP contribution in [0.3, 0.4) is 0 Å². The lowest BCUT2D eigenvalue weighted by atomic mass is 10.2. The van der Waals surface area contributed by atoms with E-state index in [9.17, 15) is 14.0 Å². The minimum atomic E-state index is -0.353. The number of carbonyl (C=O) groups is 2. The summed E-state index contributed by atoms with van der Waals surface area (Å²) in [4.78, 5) is 28.1. The number of benzene rings is 2. The zero-order valence-electron chi connectivity index (χ0n) is 15.3. The van der Waals surface area contributed by atoms with Gasteiger partial charge in [-0.05, 0) is 55.5 Å². The molecule has 1 N–H and O–H groups in total. The normalized spacial score (nSPS) is 16.3. The molecule has 142 valence electrons. The van der Waals surface area contributed by atoms with Gasteiger partial charge in [0.1, 0.15) is 11.6 Å². The van der Waals surface area contributed by atoms with E-state index >= 15 is 0 Å². The van der Waals surface area contributed by atoms with Gasteiger partial charge in [0.05, 0.1) is 13.2 Å². The summed E-state index contributed by atoms with van der Waals surface area (Å²) in [6.07, 6.45) is 0.212. The van der Waals surface area contributed by atoms with Crippen molar-refractivity contribution in [3.63, 3.8) is 0 Å². The van der Waals surface area contributed by atoms with Crippen molar-refractivity contribution in [3.8, 4) is 5.75 Å². The van der Waals surface area contributed by atoms with Crippen molar-refractivity contribution in [1.29, 1.82) is 0 Å². The van der Waals surface area contributed by atoms with Gasteiger partial charge in [-0.2, -0.15) is 0 Å². The molecule has 1 aliphatic heterocycles. The Labute approximate surface area is 157 Å². The first-order valence-corrected chi connectivity index (χ1v) is 8.80. The highest BCUT2D eigenvalue weighted by molar-refractivity contribution is 5.98. The van der Waals surface area contributed by atoms with Crippen LogP contribution in [0.2, 0.25) is 0 Å². The highest BCUT2D eigenvalue weighted by Crippen LogP contribution is 2.23. The van der Waals surface area contributed by atoms with Crippen LogP contribution in [0.1, 0.15) is 13.3 Å². The van der Waals surface area contributed by atoms with Gasteiger partial charge in [-0.15, -0.1) is 0 Å².